The first-order valence-electron chi connectivity index (χ1n) is 8.83. The molecular weight excluding hydrogens is 292 g/mol. The Labute approximate surface area is 138 Å². The number of aromatic nitrogens is 2. The van der Waals surface area contributed by atoms with Crippen LogP contribution in [0.15, 0.2) is 6.20 Å². The van der Waals surface area contributed by atoms with Gasteiger partial charge in [0.15, 0.2) is 0 Å². The van der Waals surface area contributed by atoms with Crippen molar-refractivity contribution < 1.29 is 9.47 Å². The lowest BCUT2D eigenvalue weighted by molar-refractivity contribution is 0.144. The Morgan fingerprint density at radius 3 is 2.26 bits per heavy atom. The molecule has 0 aromatic carbocycles. The lowest BCUT2D eigenvalue weighted by Gasteiger charge is -2.20. The van der Waals surface area contributed by atoms with Gasteiger partial charge in [0.05, 0.1) is 0 Å². The highest BCUT2D eigenvalue weighted by molar-refractivity contribution is 5.47. The van der Waals surface area contributed by atoms with Crippen LogP contribution in [0.1, 0.15) is 44.1 Å². The van der Waals surface area contributed by atoms with Gasteiger partial charge < -0.3 is 20.1 Å². The van der Waals surface area contributed by atoms with Gasteiger partial charge in [-0.1, -0.05) is 0 Å². The molecule has 2 saturated heterocycles. The summed E-state index contributed by atoms with van der Waals surface area (Å²) in [5.74, 6) is 1.66. The van der Waals surface area contributed by atoms with Crippen LogP contribution in [0.25, 0.3) is 0 Å². The SMILES string of the molecule is Cc1cnc(NC2CCCOCC2)nc1NC1CCCOCC1. The third-order valence-corrected chi connectivity index (χ3v) is 4.55. The predicted octanol–water partition coefficient (Wildman–Crippen LogP) is 2.75. The largest absolute Gasteiger partial charge is 0.381 e. The molecule has 3 rings (SSSR count). The van der Waals surface area contributed by atoms with Crippen LogP contribution in [0, 0.1) is 6.92 Å². The van der Waals surface area contributed by atoms with Crippen LogP contribution in [0.5, 0.6) is 0 Å². The normalized spacial score (nSPS) is 26.1. The topological polar surface area (TPSA) is 68.3 Å². The molecular formula is C17H28N4O2. The van der Waals surface area contributed by atoms with Gasteiger partial charge in [-0.15, -0.1) is 0 Å². The van der Waals surface area contributed by atoms with E-state index in [1.165, 1.54) is 0 Å². The molecule has 1 aromatic rings. The fourth-order valence-electron chi connectivity index (χ4n) is 3.13. The molecule has 2 N–H and O–H groups in total. The summed E-state index contributed by atoms with van der Waals surface area (Å²) in [6, 6.07) is 0.838. The van der Waals surface area contributed by atoms with Crippen LogP contribution in [0.4, 0.5) is 11.8 Å². The highest BCUT2D eigenvalue weighted by Crippen LogP contribution is 2.20. The Kier molecular flexibility index (Phi) is 6.05. The number of rotatable bonds is 4. The smallest absolute Gasteiger partial charge is 0.224 e. The number of hydrogen-bond donors (Lipinski definition) is 2. The molecule has 0 saturated carbocycles. The van der Waals surface area contributed by atoms with Gasteiger partial charge in [0.1, 0.15) is 5.82 Å². The molecule has 6 heteroatoms. The van der Waals surface area contributed by atoms with Crippen molar-refractivity contribution >= 4 is 11.8 Å². The highest BCUT2D eigenvalue weighted by Gasteiger charge is 2.16. The lowest BCUT2D eigenvalue weighted by Crippen LogP contribution is -2.24. The molecule has 2 atom stereocenters. The van der Waals surface area contributed by atoms with E-state index in [0.29, 0.717) is 12.1 Å². The molecule has 3 heterocycles. The minimum Gasteiger partial charge on any atom is -0.381 e. The standard InChI is InChI=1S/C17H28N4O2/c1-13-12-18-17(20-15-5-3-9-23-11-7-15)21-16(13)19-14-4-2-8-22-10-6-14/h12,14-15H,2-11H2,1H3,(H2,18,19,20,21). The molecule has 6 nitrogen and oxygen atoms in total. The average Bonchev–Trinajstić information content (AvgIpc) is 2.95. The van der Waals surface area contributed by atoms with Crippen LogP contribution >= 0.6 is 0 Å². The van der Waals surface area contributed by atoms with Gasteiger partial charge in [0, 0.05) is 50.3 Å². The van der Waals surface area contributed by atoms with Crippen LogP contribution < -0.4 is 10.6 Å². The van der Waals surface area contributed by atoms with Crippen molar-refractivity contribution in [3.63, 3.8) is 0 Å². The number of nitrogens with one attached hydrogen (secondary N) is 2. The monoisotopic (exact) mass is 320 g/mol. The predicted molar refractivity (Wildman–Crippen MR) is 90.9 cm³/mol. The second kappa shape index (κ2) is 8.45. The van der Waals surface area contributed by atoms with E-state index in [-0.39, 0.29) is 0 Å². The summed E-state index contributed by atoms with van der Waals surface area (Å²) in [4.78, 5) is 9.15. The second-order valence-corrected chi connectivity index (χ2v) is 6.49. The summed E-state index contributed by atoms with van der Waals surface area (Å²) in [5.41, 5.74) is 1.09. The van der Waals surface area contributed by atoms with E-state index in [9.17, 15) is 0 Å². The summed E-state index contributed by atoms with van der Waals surface area (Å²) < 4.78 is 11.0. The minimum absolute atomic E-state index is 0.402. The third kappa shape index (κ3) is 5.04. The number of nitrogens with zero attached hydrogens (tertiary/aromatic N) is 2. The lowest BCUT2D eigenvalue weighted by atomic mass is 10.1. The maximum Gasteiger partial charge on any atom is 0.224 e. The quantitative estimate of drug-likeness (QED) is 0.889. The molecule has 0 bridgehead atoms. The van der Waals surface area contributed by atoms with Gasteiger partial charge >= 0.3 is 0 Å². The Morgan fingerprint density at radius 2 is 1.57 bits per heavy atom. The number of ether oxygens (including phenoxy) is 2. The zero-order valence-corrected chi connectivity index (χ0v) is 14.0. The Morgan fingerprint density at radius 1 is 0.913 bits per heavy atom. The first kappa shape index (κ1) is 16.5. The van der Waals surface area contributed by atoms with Gasteiger partial charge in [0.2, 0.25) is 5.95 Å². The van der Waals surface area contributed by atoms with Crippen molar-refractivity contribution in [2.75, 3.05) is 37.1 Å². The van der Waals surface area contributed by atoms with Gasteiger partial charge in [-0.2, -0.15) is 4.98 Å². The van der Waals surface area contributed by atoms with Crippen LogP contribution in [0.2, 0.25) is 0 Å². The maximum absolute atomic E-state index is 5.53. The summed E-state index contributed by atoms with van der Waals surface area (Å²) in [5, 5.41) is 7.05. The first-order valence-corrected chi connectivity index (χ1v) is 8.83. The van der Waals surface area contributed by atoms with Crippen molar-refractivity contribution in [2.45, 2.75) is 57.5 Å². The summed E-state index contributed by atoms with van der Waals surface area (Å²) in [6.07, 6.45) is 8.39. The maximum atomic E-state index is 5.53. The van der Waals surface area contributed by atoms with Crippen molar-refractivity contribution in [3.05, 3.63) is 11.8 Å². The first-order chi connectivity index (χ1) is 11.3. The van der Waals surface area contributed by atoms with Crippen LogP contribution in [0.3, 0.4) is 0 Å². The van der Waals surface area contributed by atoms with Gasteiger partial charge in [0.25, 0.3) is 0 Å². The summed E-state index contributed by atoms with van der Waals surface area (Å²) >= 11 is 0. The number of aryl methyl sites for hydroxylation is 1. The molecule has 0 aliphatic carbocycles. The van der Waals surface area contributed by atoms with E-state index in [1.807, 2.05) is 6.20 Å². The van der Waals surface area contributed by atoms with Gasteiger partial charge in [-0.3, -0.25) is 0 Å². The van der Waals surface area contributed by atoms with Crippen molar-refractivity contribution in [3.8, 4) is 0 Å². The average molecular weight is 320 g/mol. The third-order valence-electron chi connectivity index (χ3n) is 4.55. The number of hydrogen-bond acceptors (Lipinski definition) is 6. The van der Waals surface area contributed by atoms with Crippen LogP contribution in [-0.4, -0.2) is 48.5 Å². The van der Waals surface area contributed by atoms with E-state index < -0.39 is 0 Å². The molecule has 2 aliphatic rings. The van der Waals surface area contributed by atoms with E-state index >= 15 is 0 Å². The fourth-order valence-corrected chi connectivity index (χ4v) is 3.13. The van der Waals surface area contributed by atoms with E-state index in [4.69, 9.17) is 14.5 Å². The van der Waals surface area contributed by atoms with Crippen molar-refractivity contribution in [1.29, 1.82) is 0 Å². The minimum atomic E-state index is 0.402. The molecule has 0 amide bonds. The number of anilines is 2. The molecule has 2 aliphatic heterocycles. The van der Waals surface area contributed by atoms with Crippen molar-refractivity contribution in [2.24, 2.45) is 0 Å². The Hall–Kier alpha value is -1.40. The zero-order chi connectivity index (χ0) is 15.9. The molecule has 1 aromatic heterocycles. The molecule has 2 unspecified atom stereocenters. The van der Waals surface area contributed by atoms with E-state index in [1.54, 1.807) is 0 Å². The zero-order valence-electron chi connectivity index (χ0n) is 14.0. The Bertz CT molecular complexity index is 481. The van der Waals surface area contributed by atoms with E-state index in [0.717, 1.165) is 82.3 Å². The second-order valence-electron chi connectivity index (χ2n) is 6.49. The van der Waals surface area contributed by atoms with Crippen molar-refractivity contribution in [1.82, 2.24) is 9.97 Å². The van der Waals surface area contributed by atoms with Crippen LogP contribution in [-0.2, 0) is 9.47 Å². The summed E-state index contributed by atoms with van der Waals surface area (Å²) in [7, 11) is 0. The fraction of sp³-hybridized carbons (Fsp3) is 0.765. The summed E-state index contributed by atoms with van der Waals surface area (Å²) in [6.45, 7) is 5.44. The molecule has 23 heavy (non-hydrogen) atoms. The highest BCUT2D eigenvalue weighted by atomic mass is 16.5. The molecule has 0 spiro atoms. The molecule has 0 radical (unpaired) electrons. The molecule has 128 valence electrons. The van der Waals surface area contributed by atoms with E-state index in [2.05, 4.69) is 22.5 Å². The Balaban J connectivity index is 1.63. The van der Waals surface area contributed by atoms with Gasteiger partial charge in [-0.25, -0.2) is 4.98 Å². The van der Waals surface area contributed by atoms with Gasteiger partial charge in [-0.05, 0) is 45.4 Å². The molecule has 2 fully saturated rings.